The first kappa shape index (κ1) is 21.2. The van der Waals surface area contributed by atoms with Crippen molar-refractivity contribution < 1.29 is 4.79 Å². The van der Waals surface area contributed by atoms with Crippen LogP contribution in [-0.2, 0) is 4.79 Å². The number of nitrogens with one attached hydrogen (secondary N) is 1. The maximum Gasteiger partial charge on any atom is 0.240 e. The van der Waals surface area contributed by atoms with Crippen LogP contribution >= 0.6 is 23.4 Å². The molecule has 0 bridgehead atoms. The number of aromatic nitrogens is 1. The van der Waals surface area contributed by atoms with Crippen LogP contribution in [0, 0.1) is 20.8 Å². The molecular formula is C23H24ClN3OS. The molecule has 1 N–H and O–H groups in total. The number of thioether (sulfide) groups is 1. The van der Waals surface area contributed by atoms with Crippen molar-refractivity contribution >= 4 is 35.5 Å². The van der Waals surface area contributed by atoms with Gasteiger partial charge in [0.1, 0.15) is 0 Å². The maximum atomic E-state index is 12.0. The summed E-state index contributed by atoms with van der Waals surface area (Å²) in [4.78, 5) is 13.1. The molecule has 0 aliphatic heterocycles. The molecule has 1 heterocycles. The summed E-state index contributed by atoms with van der Waals surface area (Å²) in [6.07, 6.45) is 2.11. The van der Waals surface area contributed by atoms with Crippen LogP contribution in [0.25, 0.3) is 5.69 Å². The third-order valence-electron chi connectivity index (χ3n) is 4.63. The minimum Gasteiger partial charge on any atom is -0.318 e. The summed E-state index contributed by atoms with van der Waals surface area (Å²) in [7, 11) is 0. The van der Waals surface area contributed by atoms with Gasteiger partial charge < -0.3 is 4.57 Å². The van der Waals surface area contributed by atoms with E-state index in [1.807, 2.05) is 36.4 Å². The van der Waals surface area contributed by atoms with Gasteiger partial charge in [0.15, 0.2) is 0 Å². The zero-order chi connectivity index (χ0) is 20.8. The van der Waals surface area contributed by atoms with Crippen LogP contribution in [0.4, 0.5) is 0 Å². The van der Waals surface area contributed by atoms with Crippen molar-refractivity contribution in [2.75, 3.05) is 5.75 Å². The summed E-state index contributed by atoms with van der Waals surface area (Å²) in [5, 5.41) is 4.86. The van der Waals surface area contributed by atoms with Crippen LogP contribution < -0.4 is 5.43 Å². The first-order valence-electron chi connectivity index (χ1n) is 9.41. The predicted molar refractivity (Wildman–Crippen MR) is 123 cm³/mol. The lowest BCUT2D eigenvalue weighted by atomic mass is 10.2. The normalized spacial score (nSPS) is 11.2. The Morgan fingerprint density at radius 2 is 1.86 bits per heavy atom. The van der Waals surface area contributed by atoms with Gasteiger partial charge in [-0.2, -0.15) is 5.10 Å². The number of hydrogen-bond acceptors (Lipinski definition) is 3. The molecule has 2 aromatic carbocycles. The standard InChI is InChI=1S/C23H24ClN3OS/c1-16-6-4-5-7-22(16)27-17(2)14-19(18(27)3)15-25-26-23(28)12-13-29-21-10-8-20(24)9-11-21/h4-11,14-15H,12-13H2,1-3H3,(H,26,28)/b25-15+. The maximum absolute atomic E-state index is 12.0. The van der Waals surface area contributed by atoms with E-state index in [0.29, 0.717) is 17.2 Å². The molecule has 3 rings (SSSR count). The van der Waals surface area contributed by atoms with E-state index in [2.05, 4.69) is 54.1 Å². The lowest BCUT2D eigenvalue weighted by Gasteiger charge is -2.12. The van der Waals surface area contributed by atoms with Crippen molar-refractivity contribution in [3.05, 3.63) is 82.1 Å². The average Bonchev–Trinajstić information content (AvgIpc) is 2.97. The van der Waals surface area contributed by atoms with Gasteiger partial charge >= 0.3 is 0 Å². The van der Waals surface area contributed by atoms with Gasteiger partial charge in [-0.3, -0.25) is 4.79 Å². The molecule has 0 aliphatic rings. The Bertz CT molecular complexity index is 1030. The number of amides is 1. The van der Waals surface area contributed by atoms with Gasteiger partial charge in [-0.25, -0.2) is 5.43 Å². The number of aryl methyl sites for hydroxylation is 2. The van der Waals surface area contributed by atoms with Gasteiger partial charge in [0.2, 0.25) is 5.91 Å². The van der Waals surface area contributed by atoms with E-state index in [9.17, 15) is 4.79 Å². The van der Waals surface area contributed by atoms with E-state index in [0.717, 1.165) is 27.5 Å². The number of hydrogen-bond donors (Lipinski definition) is 1. The second kappa shape index (κ2) is 9.81. The Hall–Kier alpha value is -2.50. The second-order valence-corrected chi connectivity index (χ2v) is 8.40. The first-order valence-corrected chi connectivity index (χ1v) is 10.8. The second-order valence-electron chi connectivity index (χ2n) is 6.79. The molecule has 150 valence electrons. The lowest BCUT2D eigenvalue weighted by Crippen LogP contribution is -2.17. The van der Waals surface area contributed by atoms with Crippen molar-refractivity contribution in [2.24, 2.45) is 5.10 Å². The van der Waals surface area contributed by atoms with E-state index < -0.39 is 0 Å². The number of nitrogens with zero attached hydrogens (tertiary/aromatic N) is 2. The minimum absolute atomic E-state index is 0.101. The largest absolute Gasteiger partial charge is 0.318 e. The molecule has 0 saturated carbocycles. The van der Waals surface area contributed by atoms with E-state index in [1.165, 1.54) is 5.56 Å². The average molecular weight is 426 g/mol. The van der Waals surface area contributed by atoms with Crippen LogP contribution in [0.2, 0.25) is 5.02 Å². The number of halogens is 1. The van der Waals surface area contributed by atoms with Crippen molar-refractivity contribution in [1.29, 1.82) is 0 Å². The molecule has 1 aromatic heterocycles. The van der Waals surface area contributed by atoms with Crippen LogP contribution in [0.1, 0.15) is 28.9 Å². The monoisotopic (exact) mass is 425 g/mol. The Morgan fingerprint density at radius 3 is 2.59 bits per heavy atom. The fourth-order valence-corrected chi connectivity index (χ4v) is 4.10. The van der Waals surface area contributed by atoms with Crippen LogP contribution in [-0.4, -0.2) is 22.4 Å². The van der Waals surface area contributed by atoms with Gasteiger partial charge in [-0.15, -0.1) is 11.8 Å². The summed E-state index contributed by atoms with van der Waals surface area (Å²) in [5.41, 5.74) is 8.20. The van der Waals surface area contributed by atoms with Gasteiger partial charge in [-0.05, 0) is 62.7 Å². The van der Waals surface area contributed by atoms with Gasteiger partial charge in [-0.1, -0.05) is 29.8 Å². The summed E-state index contributed by atoms with van der Waals surface area (Å²) in [5.74, 6) is 0.584. The highest BCUT2D eigenvalue weighted by Gasteiger charge is 2.11. The van der Waals surface area contributed by atoms with E-state index >= 15 is 0 Å². The summed E-state index contributed by atoms with van der Waals surface area (Å²) in [6.45, 7) is 6.24. The molecule has 0 fully saturated rings. The quantitative estimate of drug-likeness (QED) is 0.300. The van der Waals surface area contributed by atoms with Crippen molar-refractivity contribution in [3.63, 3.8) is 0 Å². The Labute approximate surface area is 181 Å². The van der Waals surface area contributed by atoms with E-state index in [-0.39, 0.29) is 5.91 Å². The molecule has 0 spiro atoms. The third-order valence-corrected chi connectivity index (χ3v) is 5.90. The van der Waals surface area contributed by atoms with Crippen LogP contribution in [0.5, 0.6) is 0 Å². The SMILES string of the molecule is Cc1ccccc1-n1c(C)cc(/C=N/NC(=O)CCSc2ccc(Cl)cc2)c1C. The molecule has 0 aliphatic carbocycles. The molecule has 29 heavy (non-hydrogen) atoms. The molecule has 4 nitrogen and oxygen atoms in total. The smallest absolute Gasteiger partial charge is 0.240 e. The Morgan fingerprint density at radius 1 is 1.14 bits per heavy atom. The van der Waals surface area contributed by atoms with Gasteiger partial charge in [0.05, 0.1) is 6.21 Å². The van der Waals surface area contributed by atoms with E-state index in [4.69, 9.17) is 11.6 Å². The molecule has 0 saturated heterocycles. The Balaban J connectivity index is 1.56. The van der Waals surface area contributed by atoms with Gasteiger partial charge in [0, 0.05) is 44.7 Å². The highest BCUT2D eigenvalue weighted by Crippen LogP contribution is 2.22. The summed E-state index contributed by atoms with van der Waals surface area (Å²) < 4.78 is 2.21. The van der Waals surface area contributed by atoms with E-state index in [1.54, 1.807) is 18.0 Å². The van der Waals surface area contributed by atoms with Gasteiger partial charge in [0.25, 0.3) is 0 Å². The predicted octanol–water partition coefficient (Wildman–Crippen LogP) is 5.69. The molecule has 6 heteroatoms. The van der Waals surface area contributed by atoms with Crippen molar-refractivity contribution in [2.45, 2.75) is 32.1 Å². The topological polar surface area (TPSA) is 46.4 Å². The fraction of sp³-hybridized carbons (Fsp3) is 0.217. The van der Waals surface area contributed by atoms with Crippen LogP contribution in [0.15, 0.2) is 64.6 Å². The zero-order valence-corrected chi connectivity index (χ0v) is 18.3. The molecular weight excluding hydrogens is 402 g/mol. The molecule has 0 unspecified atom stereocenters. The zero-order valence-electron chi connectivity index (χ0n) is 16.8. The number of benzene rings is 2. The molecule has 0 radical (unpaired) electrons. The highest BCUT2D eigenvalue weighted by atomic mass is 35.5. The molecule has 0 atom stereocenters. The summed E-state index contributed by atoms with van der Waals surface area (Å²) in [6, 6.07) is 18.0. The Kier molecular flexibility index (Phi) is 7.18. The van der Waals surface area contributed by atoms with Crippen molar-refractivity contribution in [1.82, 2.24) is 9.99 Å². The third kappa shape index (κ3) is 5.52. The van der Waals surface area contributed by atoms with Crippen molar-refractivity contribution in [3.8, 4) is 5.69 Å². The number of carbonyl (C=O) groups excluding carboxylic acids is 1. The number of rotatable bonds is 7. The molecule has 1 amide bonds. The first-order chi connectivity index (χ1) is 14.0. The lowest BCUT2D eigenvalue weighted by molar-refractivity contribution is -0.120. The summed E-state index contributed by atoms with van der Waals surface area (Å²) >= 11 is 7.50. The minimum atomic E-state index is -0.101. The number of hydrazone groups is 1. The highest BCUT2D eigenvalue weighted by molar-refractivity contribution is 7.99. The van der Waals surface area contributed by atoms with Crippen LogP contribution in [0.3, 0.4) is 0 Å². The molecule has 3 aromatic rings. The number of carbonyl (C=O) groups is 1. The number of para-hydroxylation sites is 1. The fourth-order valence-electron chi connectivity index (χ4n) is 3.13.